The Morgan fingerprint density at radius 3 is 2.67 bits per heavy atom. The van der Waals surface area contributed by atoms with E-state index in [2.05, 4.69) is 16.0 Å². The third-order valence-corrected chi connectivity index (χ3v) is 7.73. The summed E-state index contributed by atoms with van der Waals surface area (Å²) in [6.45, 7) is 5.65. The Kier molecular flexibility index (Phi) is 9.12. The molecule has 2 aromatic carbocycles. The van der Waals surface area contributed by atoms with E-state index in [9.17, 15) is 9.59 Å². The van der Waals surface area contributed by atoms with Crippen molar-refractivity contribution in [2.75, 3.05) is 14.1 Å². The van der Waals surface area contributed by atoms with E-state index >= 15 is 4.39 Å². The molecule has 2 aromatic heterocycles. The van der Waals surface area contributed by atoms with Crippen molar-refractivity contribution in [3.8, 4) is 0 Å². The van der Waals surface area contributed by atoms with Crippen molar-refractivity contribution in [3.05, 3.63) is 115 Å². The Bertz CT molecular complexity index is 1720. The summed E-state index contributed by atoms with van der Waals surface area (Å²) in [5.74, 6) is -1.17. The van der Waals surface area contributed by atoms with E-state index in [0.717, 1.165) is 21.3 Å². The van der Waals surface area contributed by atoms with Crippen LogP contribution in [0.25, 0.3) is 16.4 Å². The fraction of sp³-hybridized carbons (Fsp3) is 0.226. The number of aliphatic imine (C=N–C) groups is 1. The van der Waals surface area contributed by atoms with E-state index < -0.39 is 11.7 Å². The normalized spacial score (nSPS) is 13.0. The molecule has 1 amide bonds. The van der Waals surface area contributed by atoms with Gasteiger partial charge in [0.25, 0.3) is 11.5 Å². The number of hydrogen-bond donors (Lipinski definition) is 0. The number of carbonyl (C=O) groups excluding carboxylic acids is 1. The number of aryl methyl sites for hydroxylation is 1. The predicted molar refractivity (Wildman–Crippen MR) is 163 cm³/mol. The number of amides is 1. The molecule has 0 aliphatic carbocycles. The maximum Gasteiger partial charge on any atom is 0.273 e. The van der Waals surface area contributed by atoms with Gasteiger partial charge in [-0.2, -0.15) is 0 Å². The Hall–Kier alpha value is -3.88. The lowest BCUT2D eigenvalue weighted by Crippen LogP contribution is -2.23. The van der Waals surface area contributed by atoms with E-state index in [4.69, 9.17) is 11.6 Å². The largest absolute Gasteiger partial charge is 0.345 e. The van der Waals surface area contributed by atoms with Crippen LogP contribution in [-0.4, -0.2) is 40.2 Å². The van der Waals surface area contributed by atoms with E-state index in [-0.39, 0.29) is 33.3 Å². The summed E-state index contributed by atoms with van der Waals surface area (Å²) in [6.07, 6.45) is 6.98. The van der Waals surface area contributed by atoms with Gasteiger partial charge in [-0.3, -0.25) is 19.1 Å². The minimum Gasteiger partial charge on any atom is -0.345 e. The number of fused-ring (bicyclic) bond motifs is 1. The van der Waals surface area contributed by atoms with Gasteiger partial charge in [0, 0.05) is 37.8 Å². The highest BCUT2D eigenvalue weighted by Crippen LogP contribution is 2.30. The van der Waals surface area contributed by atoms with E-state index in [1.807, 2.05) is 37.6 Å². The Balaban J connectivity index is 1.69. The molecule has 2 heterocycles. The Morgan fingerprint density at radius 1 is 1.23 bits per heavy atom. The highest BCUT2D eigenvalue weighted by Gasteiger charge is 2.20. The van der Waals surface area contributed by atoms with Crippen molar-refractivity contribution < 1.29 is 9.18 Å². The second kappa shape index (κ2) is 12.5. The molecule has 0 aliphatic heterocycles. The molecule has 1 atom stereocenters. The molecule has 6 nitrogen and oxygen atoms in total. The van der Waals surface area contributed by atoms with Crippen molar-refractivity contribution >= 4 is 51.0 Å². The molecule has 0 fully saturated rings. The molecule has 9 heteroatoms. The highest BCUT2D eigenvalue weighted by atomic mass is 35.5. The fourth-order valence-corrected chi connectivity index (χ4v) is 5.54. The van der Waals surface area contributed by atoms with Crippen molar-refractivity contribution in [1.82, 2.24) is 14.5 Å². The zero-order chi connectivity index (χ0) is 29.0. The smallest absolute Gasteiger partial charge is 0.273 e. The molecule has 1 unspecified atom stereocenters. The number of carbonyl (C=O) groups is 1. The van der Waals surface area contributed by atoms with Crippen LogP contribution in [0.1, 0.15) is 52.5 Å². The molecule has 40 heavy (non-hydrogen) atoms. The van der Waals surface area contributed by atoms with Gasteiger partial charge in [-0.15, -0.1) is 11.3 Å². The van der Waals surface area contributed by atoms with Crippen LogP contribution in [0.3, 0.4) is 0 Å². The number of aromatic nitrogens is 2. The number of allylic oxidation sites excluding steroid dienone is 2. The molecular formula is C31H30ClFN4O2S. The maximum atomic E-state index is 15.4. The van der Waals surface area contributed by atoms with Crippen molar-refractivity contribution in [3.63, 3.8) is 0 Å². The zero-order valence-electron chi connectivity index (χ0n) is 23.0. The monoisotopic (exact) mass is 576 g/mol. The lowest BCUT2D eigenvalue weighted by Gasteiger charge is -2.17. The SMILES string of the molecule is C/C=C/N=C(/C=C/n1c(C)cc(C(C)Cc2cccc3scnc23)c(Cl)c1=O)c1cccc(C(=O)N(C)C)c1F. The first kappa shape index (κ1) is 29.1. The summed E-state index contributed by atoms with van der Waals surface area (Å²) < 4.78 is 18.0. The average molecular weight is 577 g/mol. The van der Waals surface area contributed by atoms with Crippen molar-refractivity contribution in [2.45, 2.75) is 33.1 Å². The number of rotatable bonds is 8. The van der Waals surface area contributed by atoms with Crippen LogP contribution in [0.5, 0.6) is 0 Å². The molecule has 0 N–H and O–H groups in total. The molecule has 0 saturated heterocycles. The minimum atomic E-state index is -0.685. The van der Waals surface area contributed by atoms with Crippen LogP contribution in [0.4, 0.5) is 4.39 Å². The van der Waals surface area contributed by atoms with Crippen molar-refractivity contribution in [2.24, 2.45) is 4.99 Å². The number of benzene rings is 2. The van der Waals surface area contributed by atoms with Gasteiger partial charge in [-0.1, -0.05) is 42.8 Å². The maximum absolute atomic E-state index is 15.4. The van der Waals surface area contributed by atoms with Gasteiger partial charge in [0.05, 0.1) is 27.0 Å². The van der Waals surface area contributed by atoms with Gasteiger partial charge >= 0.3 is 0 Å². The molecule has 0 bridgehead atoms. The first-order valence-corrected chi connectivity index (χ1v) is 14.0. The summed E-state index contributed by atoms with van der Waals surface area (Å²) in [4.78, 5) is 36.0. The third-order valence-electron chi connectivity index (χ3n) is 6.56. The molecule has 4 rings (SSSR count). The number of thiazole rings is 1. The van der Waals surface area contributed by atoms with Crippen molar-refractivity contribution in [1.29, 1.82) is 0 Å². The summed E-state index contributed by atoms with van der Waals surface area (Å²) in [6, 6.07) is 12.6. The van der Waals surface area contributed by atoms with Gasteiger partial charge in [0.1, 0.15) is 10.8 Å². The van der Waals surface area contributed by atoms with Gasteiger partial charge < -0.3 is 4.90 Å². The van der Waals surface area contributed by atoms with Gasteiger partial charge in [-0.05, 0) is 67.7 Å². The molecule has 4 aromatic rings. The number of hydrogen-bond acceptors (Lipinski definition) is 5. The predicted octanol–water partition coefficient (Wildman–Crippen LogP) is 7.10. The standard InChI is InChI=1S/C31H30ClFN4O2S/c1-6-14-34-25(22-10-8-11-23(28(22)33)30(38)36(4)5)13-15-37-20(3)17-24(27(32)31(37)39)19(2)16-21-9-7-12-26-29(21)35-18-40-26/h6-15,17-19H,16H2,1-5H3/b14-6+,15-13+,34-25-. The quantitative estimate of drug-likeness (QED) is 0.210. The fourth-order valence-electron chi connectivity index (χ4n) is 4.48. The highest BCUT2D eigenvalue weighted by molar-refractivity contribution is 7.16. The lowest BCUT2D eigenvalue weighted by atomic mass is 9.93. The van der Waals surface area contributed by atoms with Crippen LogP contribution in [0.15, 0.2) is 76.1 Å². The number of pyridine rings is 1. The molecule has 0 aliphatic rings. The van der Waals surface area contributed by atoms with Gasteiger partial charge in [-0.25, -0.2) is 9.37 Å². The second-order valence-electron chi connectivity index (χ2n) is 9.63. The lowest BCUT2D eigenvalue weighted by molar-refractivity contribution is 0.0823. The Labute approximate surface area is 241 Å². The number of para-hydroxylation sites is 1. The summed E-state index contributed by atoms with van der Waals surface area (Å²) in [7, 11) is 3.12. The molecule has 0 saturated carbocycles. The van der Waals surface area contributed by atoms with Crippen LogP contribution in [0.2, 0.25) is 5.02 Å². The second-order valence-corrected chi connectivity index (χ2v) is 10.9. The van der Waals surface area contributed by atoms with E-state index in [0.29, 0.717) is 12.1 Å². The van der Waals surface area contributed by atoms with Crippen LogP contribution >= 0.6 is 22.9 Å². The molecular weight excluding hydrogens is 547 g/mol. The topological polar surface area (TPSA) is 67.6 Å². The summed E-state index contributed by atoms with van der Waals surface area (Å²) in [5, 5.41) is 0.130. The van der Waals surface area contributed by atoms with Crippen LogP contribution < -0.4 is 5.56 Å². The molecule has 0 spiro atoms. The average Bonchev–Trinajstić information content (AvgIpc) is 3.42. The van der Waals surface area contributed by atoms with Crippen LogP contribution in [0, 0.1) is 12.7 Å². The first-order chi connectivity index (χ1) is 19.1. The van der Waals surface area contributed by atoms with E-state index in [1.54, 1.807) is 56.6 Å². The number of halogens is 2. The van der Waals surface area contributed by atoms with Gasteiger partial charge in [0.15, 0.2) is 0 Å². The number of nitrogens with zero attached hydrogens (tertiary/aromatic N) is 4. The third kappa shape index (κ3) is 5.98. The zero-order valence-corrected chi connectivity index (χ0v) is 24.6. The summed E-state index contributed by atoms with van der Waals surface area (Å²) >= 11 is 8.23. The Morgan fingerprint density at radius 2 is 1.95 bits per heavy atom. The van der Waals surface area contributed by atoms with E-state index in [1.165, 1.54) is 27.9 Å². The molecule has 206 valence electrons. The van der Waals surface area contributed by atoms with Crippen LogP contribution in [-0.2, 0) is 6.42 Å². The van der Waals surface area contributed by atoms with Gasteiger partial charge in [0.2, 0.25) is 0 Å². The molecule has 0 radical (unpaired) electrons. The first-order valence-electron chi connectivity index (χ1n) is 12.7. The minimum absolute atomic E-state index is 0.0253. The summed E-state index contributed by atoms with van der Waals surface area (Å²) in [5.41, 5.74) is 5.28.